The lowest BCUT2D eigenvalue weighted by atomic mass is 9.93. The maximum atomic E-state index is 12.5. The third-order valence-electron chi connectivity index (χ3n) is 4.59. The average Bonchev–Trinajstić information content (AvgIpc) is 2.50. The van der Waals surface area contributed by atoms with Crippen molar-refractivity contribution in [3.63, 3.8) is 0 Å². The molecule has 0 saturated carbocycles. The summed E-state index contributed by atoms with van der Waals surface area (Å²) in [6, 6.07) is 3.58. The van der Waals surface area contributed by atoms with Gasteiger partial charge in [-0.25, -0.2) is 8.42 Å². The Morgan fingerprint density at radius 3 is 2.58 bits per heavy atom. The number of fused-ring (bicyclic) bond motifs is 1. The number of hydrogen-bond acceptors (Lipinski definition) is 4. The molecule has 0 aromatic heterocycles. The Hall–Kier alpha value is -1.64. The predicted octanol–water partition coefficient (Wildman–Crippen LogP) is 3.90. The van der Waals surface area contributed by atoms with E-state index in [1.54, 1.807) is 12.1 Å². The first-order valence-corrected chi connectivity index (χ1v) is 10.5. The van der Waals surface area contributed by atoms with Crippen LogP contribution in [0.15, 0.2) is 12.1 Å². The minimum atomic E-state index is -4.81. The molecule has 26 heavy (non-hydrogen) atoms. The number of nitrogens with zero attached hydrogens (tertiary/aromatic N) is 1. The van der Waals surface area contributed by atoms with Gasteiger partial charge >= 0.3 is 6.18 Å². The Bertz CT molecular complexity index is 736. The van der Waals surface area contributed by atoms with Crippen LogP contribution in [0.2, 0.25) is 0 Å². The Morgan fingerprint density at radius 2 is 2.00 bits per heavy atom. The molecule has 0 aliphatic carbocycles. The van der Waals surface area contributed by atoms with Gasteiger partial charge in [0, 0.05) is 18.3 Å². The van der Waals surface area contributed by atoms with E-state index in [-0.39, 0.29) is 11.4 Å². The highest BCUT2D eigenvalue weighted by Gasteiger charge is 2.35. The highest BCUT2D eigenvalue weighted by Crippen LogP contribution is 2.37. The van der Waals surface area contributed by atoms with E-state index in [2.05, 4.69) is 18.7 Å². The van der Waals surface area contributed by atoms with Gasteiger partial charge in [-0.15, -0.1) is 0 Å². The van der Waals surface area contributed by atoms with Crippen LogP contribution in [0.3, 0.4) is 0 Å². The van der Waals surface area contributed by atoms with Crippen molar-refractivity contribution in [2.75, 3.05) is 27.7 Å². The summed E-state index contributed by atoms with van der Waals surface area (Å²) in [4.78, 5) is 2.23. The number of rotatable bonds is 7. The number of hydrogen-bond donors (Lipinski definition) is 2. The molecule has 1 aliphatic heterocycles. The van der Waals surface area contributed by atoms with Crippen molar-refractivity contribution in [1.82, 2.24) is 0 Å². The van der Waals surface area contributed by atoms with Gasteiger partial charge in [-0.2, -0.15) is 13.2 Å². The first-order chi connectivity index (χ1) is 12.1. The van der Waals surface area contributed by atoms with Crippen molar-refractivity contribution in [1.29, 1.82) is 0 Å². The molecule has 148 valence electrons. The van der Waals surface area contributed by atoms with E-state index in [0.29, 0.717) is 6.04 Å². The van der Waals surface area contributed by atoms with E-state index in [1.165, 1.54) is 0 Å². The number of unbranched alkanes of at least 4 members (excludes halogenated alkanes) is 1. The van der Waals surface area contributed by atoms with Gasteiger partial charge in [0.05, 0.1) is 11.4 Å². The third-order valence-corrected chi connectivity index (χ3v) is 5.83. The van der Waals surface area contributed by atoms with Gasteiger partial charge in [0.25, 0.3) is 0 Å². The molecule has 0 fully saturated rings. The molecule has 0 radical (unpaired) electrons. The lowest BCUT2D eigenvalue weighted by Crippen LogP contribution is -2.39. The number of halogens is 3. The molecule has 0 spiro atoms. The lowest BCUT2D eigenvalue weighted by molar-refractivity contribution is -0.106. The zero-order chi connectivity index (χ0) is 19.5. The van der Waals surface area contributed by atoms with Gasteiger partial charge < -0.3 is 10.6 Å². The summed E-state index contributed by atoms with van der Waals surface area (Å²) < 4.78 is 63.0. The van der Waals surface area contributed by atoms with Crippen molar-refractivity contribution in [2.24, 2.45) is 0 Å². The summed E-state index contributed by atoms with van der Waals surface area (Å²) >= 11 is 0. The van der Waals surface area contributed by atoms with Crippen LogP contribution < -0.4 is 15.4 Å². The molecule has 0 amide bonds. The summed E-state index contributed by atoms with van der Waals surface area (Å²) in [5, 5.41) is 0. The Balaban J connectivity index is 2.36. The Kier molecular flexibility index (Phi) is 6.31. The smallest absolute Gasteiger partial charge is 0.397 e. The molecule has 9 heteroatoms. The normalized spacial score (nSPS) is 17.9. The number of nitrogen functional groups attached to an aromatic ring is 1. The van der Waals surface area contributed by atoms with E-state index in [0.717, 1.165) is 49.9 Å². The van der Waals surface area contributed by atoms with E-state index >= 15 is 0 Å². The molecular weight excluding hydrogens is 367 g/mol. The van der Waals surface area contributed by atoms with Crippen LogP contribution in [0.25, 0.3) is 0 Å². The molecule has 1 aliphatic rings. The number of anilines is 3. The fourth-order valence-corrected chi connectivity index (χ4v) is 4.37. The molecule has 2 rings (SSSR count). The molecule has 1 aromatic carbocycles. The van der Waals surface area contributed by atoms with Crippen LogP contribution in [0.5, 0.6) is 0 Å². The van der Waals surface area contributed by atoms with Crippen LogP contribution in [-0.2, 0) is 16.4 Å². The van der Waals surface area contributed by atoms with E-state index in [9.17, 15) is 21.6 Å². The minimum absolute atomic E-state index is 0.00579. The summed E-state index contributed by atoms with van der Waals surface area (Å²) in [5.74, 6) is -1.94. The molecular formula is C17H26F3N3O2S. The third kappa shape index (κ3) is 5.18. The summed E-state index contributed by atoms with van der Waals surface area (Å²) in [6.45, 7) is 5.00. The highest BCUT2D eigenvalue weighted by molar-refractivity contribution is 7.92. The molecule has 0 saturated heterocycles. The maximum Gasteiger partial charge on any atom is 0.404 e. The zero-order valence-electron chi connectivity index (χ0n) is 15.1. The second-order valence-electron chi connectivity index (χ2n) is 6.69. The molecule has 1 unspecified atom stereocenters. The number of aryl methyl sites for hydroxylation is 1. The molecule has 1 atom stereocenters. The lowest BCUT2D eigenvalue weighted by Gasteiger charge is -2.39. The fraction of sp³-hybridized carbons (Fsp3) is 0.647. The van der Waals surface area contributed by atoms with Crippen LogP contribution in [0.4, 0.5) is 30.2 Å². The largest absolute Gasteiger partial charge is 0.404 e. The minimum Gasteiger partial charge on any atom is -0.397 e. The van der Waals surface area contributed by atoms with Gasteiger partial charge in [0.15, 0.2) is 5.75 Å². The van der Waals surface area contributed by atoms with E-state index < -0.39 is 22.0 Å². The first kappa shape index (κ1) is 20.7. The average molecular weight is 393 g/mol. The number of sulfonamides is 1. The second-order valence-corrected chi connectivity index (χ2v) is 8.41. The van der Waals surface area contributed by atoms with Crippen molar-refractivity contribution in [3.05, 3.63) is 17.7 Å². The van der Waals surface area contributed by atoms with Gasteiger partial charge in [-0.3, -0.25) is 4.72 Å². The SMILES string of the molecule is CCCCN1c2cc(NS(=O)(=O)CC(F)(F)F)c(N)cc2CCC1CC. The van der Waals surface area contributed by atoms with Crippen molar-refractivity contribution < 1.29 is 21.6 Å². The number of benzene rings is 1. The molecule has 5 nitrogen and oxygen atoms in total. The van der Waals surface area contributed by atoms with Gasteiger partial charge in [0.1, 0.15) is 0 Å². The number of nitrogens with two attached hydrogens (primary N) is 1. The quantitative estimate of drug-likeness (QED) is 0.689. The Labute approximate surface area is 152 Å². The van der Waals surface area contributed by atoms with Crippen LogP contribution in [0, 0.1) is 0 Å². The summed E-state index contributed by atoms with van der Waals surface area (Å²) in [7, 11) is -4.57. The molecule has 1 aromatic rings. The monoisotopic (exact) mass is 393 g/mol. The van der Waals surface area contributed by atoms with E-state index in [4.69, 9.17) is 5.73 Å². The Morgan fingerprint density at radius 1 is 1.31 bits per heavy atom. The van der Waals surface area contributed by atoms with Gasteiger partial charge in [-0.1, -0.05) is 20.3 Å². The van der Waals surface area contributed by atoms with Crippen molar-refractivity contribution >= 4 is 27.1 Å². The van der Waals surface area contributed by atoms with Crippen molar-refractivity contribution in [2.45, 2.75) is 58.2 Å². The standard InChI is InChI=1S/C17H26F3N3O2S/c1-3-5-8-23-13(4-2)7-6-12-9-14(21)15(10-16(12)23)22-26(24,25)11-17(18,19)20/h9-10,13,22H,3-8,11,21H2,1-2H3. The summed E-state index contributed by atoms with van der Waals surface area (Å²) in [5.41, 5.74) is 7.90. The summed E-state index contributed by atoms with van der Waals surface area (Å²) in [6.07, 6.45) is -0.0717. The predicted molar refractivity (Wildman–Crippen MR) is 99.0 cm³/mol. The molecule has 0 bridgehead atoms. The van der Waals surface area contributed by atoms with Crippen LogP contribution >= 0.6 is 0 Å². The van der Waals surface area contributed by atoms with Crippen molar-refractivity contribution in [3.8, 4) is 0 Å². The van der Waals surface area contributed by atoms with Crippen LogP contribution in [-0.4, -0.2) is 32.9 Å². The number of alkyl halides is 3. The van der Waals surface area contributed by atoms with Gasteiger partial charge in [-0.05, 0) is 43.4 Å². The fourth-order valence-electron chi connectivity index (χ4n) is 3.36. The second kappa shape index (κ2) is 7.94. The van der Waals surface area contributed by atoms with Gasteiger partial charge in [0.2, 0.25) is 10.0 Å². The zero-order valence-corrected chi connectivity index (χ0v) is 15.9. The maximum absolute atomic E-state index is 12.5. The van der Waals surface area contributed by atoms with E-state index in [1.807, 2.05) is 4.72 Å². The van der Waals surface area contributed by atoms with Crippen LogP contribution in [0.1, 0.15) is 45.1 Å². The first-order valence-electron chi connectivity index (χ1n) is 8.82. The molecule has 3 N–H and O–H groups in total. The number of nitrogens with one attached hydrogen (secondary N) is 1. The topological polar surface area (TPSA) is 75.4 Å². The highest BCUT2D eigenvalue weighted by atomic mass is 32.2. The molecule has 1 heterocycles.